The van der Waals surface area contributed by atoms with Crippen molar-refractivity contribution in [3.05, 3.63) is 40.3 Å². The molecule has 14 heavy (non-hydrogen) atoms. The number of pyridine rings is 1. The second-order valence-electron chi connectivity index (χ2n) is 3.19. The molecule has 0 bridgehead atoms. The Labute approximate surface area is 90.9 Å². The third kappa shape index (κ3) is 1.70. The Morgan fingerprint density at radius 2 is 2.14 bits per heavy atom. The van der Waals surface area contributed by atoms with Gasteiger partial charge in [0.25, 0.3) is 0 Å². The molecule has 0 unspecified atom stereocenters. The zero-order valence-electron chi connectivity index (χ0n) is 8.03. The second-order valence-corrected chi connectivity index (χ2v) is 4.05. The summed E-state index contributed by atoms with van der Waals surface area (Å²) in [6, 6.07) is 3.95. The van der Waals surface area contributed by atoms with Gasteiger partial charge < -0.3 is 0 Å². The van der Waals surface area contributed by atoms with Crippen LogP contribution in [0.5, 0.6) is 0 Å². The van der Waals surface area contributed by atoms with Gasteiger partial charge in [-0.3, -0.25) is 0 Å². The minimum Gasteiger partial charge on any atom is -0.236 e. The number of nitrogens with zero attached hydrogens (tertiary/aromatic N) is 3. The van der Waals surface area contributed by atoms with Crippen LogP contribution in [-0.2, 0) is 0 Å². The molecule has 0 fully saturated rings. The topological polar surface area (TPSA) is 30.7 Å². The normalized spacial score (nSPS) is 10.5. The van der Waals surface area contributed by atoms with Gasteiger partial charge in [-0.1, -0.05) is 0 Å². The Morgan fingerprint density at radius 1 is 1.36 bits per heavy atom. The van der Waals surface area contributed by atoms with E-state index in [2.05, 4.69) is 26.0 Å². The Balaban J connectivity index is 2.47. The molecule has 0 saturated carbocycles. The van der Waals surface area contributed by atoms with Gasteiger partial charge in [0.05, 0.1) is 5.69 Å². The molecule has 2 aromatic rings. The van der Waals surface area contributed by atoms with E-state index in [4.69, 9.17) is 0 Å². The van der Waals surface area contributed by atoms with Crippen LogP contribution in [0.25, 0.3) is 5.82 Å². The first-order valence-electron chi connectivity index (χ1n) is 4.31. The first-order chi connectivity index (χ1) is 6.66. The highest BCUT2D eigenvalue weighted by Gasteiger charge is 2.01. The molecule has 0 aromatic carbocycles. The van der Waals surface area contributed by atoms with Crippen LogP contribution in [0, 0.1) is 13.8 Å². The summed E-state index contributed by atoms with van der Waals surface area (Å²) in [6.45, 7) is 3.99. The fourth-order valence-electron chi connectivity index (χ4n) is 1.19. The lowest BCUT2D eigenvalue weighted by Gasteiger charge is -2.02. The number of hydrogen-bond acceptors (Lipinski definition) is 2. The Morgan fingerprint density at radius 3 is 2.71 bits per heavy atom. The van der Waals surface area contributed by atoms with E-state index >= 15 is 0 Å². The highest BCUT2D eigenvalue weighted by atomic mass is 79.9. The van der Waals surface area contributed by atoms with E-state index in [1.807, 2.05) is 32.2 Å². The molecule has 2 heterocycles. The minimum absolute atomic E-state index is 0.846. The largest absolute Gasteiger partial charge is 0.236 e. The molecule has 0 radical (unpaired) electrons. The van der Waals surface area contributed by atoms with Crippen molar-refractivity contribution in [1.29, 1.82) is 0 Å². The summed E-state index contributed by atoms with van der Waals surface area (Å²) in [5, 5.41) is 4.29. The summed E-state index contributed by atoms with van der Waals surface area (Å²) in [5.74, 6) is 0.846. The quantitative estimate of drug-likeness (QED) is 0.781. The van der Waals surface area contributed by atoms with Crippen LogP contribution in [0.4, 0.5) is 0 Å². The average molecular weight is 252 g/mol. The molecule has 0 spiro atoms. The molecule has 3 nitrogen and oxygen atoms in total. The summed E-state index contributed by atoms with van der Waals surface area (Å²) in [6.07, 6.45) is 3.70. The number of rotatable bonds is 1. The van der Waals surface area contributed by atoms with Crippen LogP contribution in [0.1, 0.15) is 11.3 Å². The van der Waals surface area contributed by atoms with E-state index in [0.717, 1.165) is 21.5 Å². The predicted octanol–water partition coefficient (Wildman–Crippen LogP) is 2.65. The maximum atomic E-state index is 4.29. The van der Waals surface area contributed by atoms with Crippen LogP contribution in [-0.4, -0.2) is 14.8 Å². The monoisotopic (exact) mass is 251 g/mol. The van der Waals surface area contributed by atoms with E-state index in [9.17, 15) is 0 Å². The smallest absolute Gasteiger partial charge is 0.153 e. The molecule has 0 aliphatic heterocycles. The maximum Gasteiger partial charge on any atom is 0.153 e. The van der Waals surface area contributed by atoms with Gasteiger partial charge in [0.1, 0.15) is 0 Å². The van der Waals surface area contributed by atoms with Crippen molar-refractivity contribution in [2.24, 2.45) is 0 Å². The molecular formula is C10H10BrN3. The zero-order chi connectivity index (χ0) is 10.1. The lowest BCUT2D eigenvalue weighted by Crippen LogP contribution is -1.98. The summed E-state index contributed by atoms with van der Waals surface area (Å²) in [4.78, 5) is 4.28. The molecule has 72 valence electrons. The number of aryl methyl sites for hydroxylation is 2. The van der Waals surface area contributed by atoms with Crippen molar-refractivity contribution in [2.45, 2.75) is 13.8 Å². The lowest BCUT2D eigenvalue weighted by molar-refractivity contribution is 0.830. The maximum absolute atomic E-state index is 4.29. The number of hydrogen-bond donors (Lipinski definition) is 0. The van der Waals surface area contributed by atoms with Crippen molar-refractivity contribution in [2.75, 3.05) is 0 Å². The van der Waals surface area contributed by atoms with Gasteiger partial charge >= 0.3 is 0 Å². The van der Waals surface area contributed by atoms with Crippen molar-refractivity contribution < 1.29 is 0 Å². The van der Waals surface area contributed by atoms with Gasteiger partial charge in [0.2, 0.25) is 0 Å². The lowest BCUT2D eigenvalue weighted by atomic mass is 10.3. The highest BCUT2D eigenvalue weighted by molar-refractivity contribution is 9.10. The van der Waals surface area contributed by atoms with E-state index in [0.29, 0.717) is 0 Å². The first kappa shape index (κ1) is 9.40. The Kier molecular flexibility index (Phi) is 2.37. The van der Waals surface area contributed by atoms with Crippen molar-refractivity contribution in [1.82, 2.24) is 14.8 Å². The summed E-state index contributed by atoms with van der Waals surface area (Å²) >= 11 is 3.41. The van der Waals surface area contributed by atoms with Gasteiger partial charge in [-0.05, 0) is 47.5 Å². The standard InChI is InChI=1S/C10H10BrN3/c1-7-5-10(12-6-9(7)11)14-4-3-8(2)13-14/h3-6H,1-2H3. The first-order valence-corrected chi connectivity index (χ1v) is 5.11. The molecule has 0 atom stereocenters. The van der Waals surface area contributed by atoms with Crippen LogP contribution in [0.3, 0.4) is 0 Å². The van der Waals surface area contributed by atoms with Crippen molar-refractivity contribution in [3.63, 3.8) is 0 Å². The van der Waals surface area contributed by atoms with Gasteiger partial charge in [-0.2, -0.15) is 5.10 Å². The molecule has 0 saturated heterocycles. The molecule has 0 aliphatic rings. The van der Waals surface area contributed by atoms with Crippen LogP contribution < -0.4 is 0 Å². The molecule has 4 heteroatoms. The average Bonchev–Trinajstić information content (AvgIpc) is 2.57. The molecule has 0 aliphatic carbocycles. The SMILES string of the molecule is Cc1ccn(-c2cc(C)c(Br)cn2)n1. The van der Waals surface area contributed by atoms with E-state index in [1.165, 1.54) is 0 Å². The molecule has 0 amide bonds. The summed E-state index contributed by atoms with van der Waals surface area (Å²) < 4.78 is 2.79. The second kappa shape index (κ2) is 3.53. The van der Waals surface area contributed by atoms with Gasteiger partial charge in [0.15, 0.2) is 5.82 Å². The van der Waals surface area contributed by atoms with Crippen LogP contribution >= 0.6 is 15.9 Å². The van der Waals surface area contributed by atoms with E-state index < -0.39 is 0 Å². The van der Waals surface area contributed by atoms with Crippen LogP contribution in [0.2, 0.25) is 0 Å². The fourth-order valence-corrected chi connectivity index (χ4v) is 1.41. The van der Waals surface area contributed by atoms with E-state index in [-0.39, 0.29) is 0 Å². The van der Waals surface area contributed by atoms with Gasteiger partial charge in [0, 0.05) is 16.9 Å². The minimum atomic E-state index is 0.846. The Hall–Kier alpha value is -1.16. The number of aromatic nitrogens is 3. The van der Waals surface area contributed by atoms with Gasteiger partial charge in [-0.15, -0.1) is 0 Å². The van der Waals surface area contributed by atoms with Crippen molar-refractivity contribution in [3.8, 4) is 5.82 Å². The number of halogens is 1. The predicted molar refractivity (Wildman–Crippen MR) is 58.5 cm³/mol. The molecule has 2 rings (SSSR count). The highest BCUT2D eigenvalue weighted by Crippen LogP contribution is 2.16. The van der Waals surface area contributed by atoms with Gasteiger partial charge in [-0.25, -0.2) is 9.67 Å². The molecule has 0 N–H and O–H groups in total. The van der Waals surface area contributed by atoms with E-state index in [1.54, 1.807) is 10.9 Å². The summed E-state index contributed by atoms with van der Waals surface area (Å²) in [5.41, 5.74) is 2.15. The van der Waals surface area contributed by atoms with Crippen LogP contribution in [0.15, 0.2) is 29.0 Å². The zero-order valence-corrected chi connectivity index (χ0v) is 9.62. The van der Waals surface area contributed by atoms with Crippen molar-refractivity contribution >= 4 is 15.9 Å². The molecule has 2 aromatic heterocycles. The Bertz CT molecular complexity index is 462. The fraction of sp³-hybridized carbons (Fsp3) is 0.200. The third-order valence-corrected chi connectivity index (χ3v) is 2.82. The third-order valence-electron chi connectivity index (χ3n) is 1.99. The summed E-state index contributed by atoms with van der Waals surface area (Å²) in [7, 11) is 0. The molecular weight excluding hydrogens is 242 g/mol.